The molecule has 5 heteroatoms. The minimum atomic E-state index is -0.377. The van der Waals surface area contributed by atoms with Crippen molar-refractivity contribution in [2.45, 2.75) is 39.3 Å². The quantitative estimate of drug-likeness (QED) is 0.450. The number of hydrogen-bond acceptors (Lipinski definition) is 3. The van der Waals surface area contributed by atoms with Gasteiger partial charge < -0.3 is 15.2 Å². The van der Waals surface area contributed by atoms with Crippen LogP contribution in [-0.4, -0.2) is 11.0 Å². The van der Waals surface area contributed by atoms with Gasteiger partial charge in [0.25, 0.3) is 5.91 Å². The highest BCUT2D eigenvalue weighted by Crippen LogP contribution is 2.21. The third-order valence-corrected chi connectivity index (χ3v) is 5.06. The van der Waals surface area contributed by atoms with Crippen LogP contribution in [0.2, 0.25) is 5.02 Å². The molecule has 3 aromatic carbocycles. The fourth-order valence-electron chi connectivity index (χ4n) is 3.02. The normalized spacial score (nSPS) is 10.6. The first-order valence-electron chi connectivity index (χ1n) is 10.1. The number of phenolic OH excluding ortho intramolecular Hbond substituents is 1. The first-order valence-corrected chi connectivity index (χ1v) is 10.5. The van der Waals surface area contributed by atoms with Gasteiger partial charge in [0.05, 0.1) is 5.56 Å². The molecule has 3 aromatic rings. The topological polar surface area (TPSA) is 58.6 Å². The lowest BCUT2D eigenvalue weighted by Crippen LogP contribution is -2.22. The van der Waals surface area contributed by atoms with Gasteiger partial charge in [-0.1, -0.05) is 61.3 Å². The van der Waals surface area contributed by atoms with Crippen LogP contribution in [0.25, 0.3) is 0 Å². The Kier molecular flexibility index (Phi) is 7.75. The maximum absolute atomic E-state index is 12.2. The Morgan fingerprint density at radius 1 is 0.967 bits per heavy atom. The number of carbonyl (C=O) groups excluding carboxylic acids is 1. The van der Waals surface area contributed by atoms with Crippen LogP contribution in [0.1, 0.15) is 46.8 Å². The maximum Gasteiger partial charge on any atom is 0.255 e. The minimum absolute atomic E-state index is 0.0981. The zero-order valence-electron chi connectivity index (χ0n) is 17.0. The number of amides is 1. The van der Waals surface area contributed by atoms with Crippen LogP contribution in [0.4, 0.5) is 0 Å². The summed E-state index contributed by atoms with van der Waals surface area (Å²) in [5.41, 5.74) is 3.58. The number of rotatable bonds is 9. The van der Waals surface area contributed by atoms with Gasteiger partial charge >= 0.3 is 0 Å². The van der Waals surface area contributed by atoms with Crippen molar-refractivity contribution >= 4 is 17.5 Å². The summed E-state index contributed by atoms with van der Waals surface area (Å²) in [6.07, 6.45) is 3.53. The van der Waals surface area contributed by atoms with Crippen LogP contribution < -0.4 is 10.1 Å². The van der Waals surface area contributed by atoms with E-state index in [0.717, 1.165) is 23.3 Å². The fraction of sp³-hybridized carbons (Fsp3) is 0.240. The number of halogens is 1. The average molecular weight is 424 g/mol. The molecule has 0 saturated carbocycles. The van der Waals surface area contributed by atoms with Gasteiger partial charge in [-0.15, -0.1) is 0 Å². The van der Waals surface area contributed by atoms with Crippen LogP contribution in [0.3, 0.4) is 0 Å². The Labute approximate surface area is 182 Å². The van der Waals surface area contributed by atoms with Crippen molar-refractivity contribution in [2.75, 3.05) is 0 Å². The Hall–Kier alpha value is -2.98. The molecule has 0 atom stereocenters. The second-order valence-electron chi connectivity index (χ2n) is 7.20. The number of benzene rings is 3. The molecule has 0 heterocycles. The number of carbonyl (C=O) groups is 1. The summed E-state index contributed by atoms with van der Waals surface area (Å²) in [7, 11) is 0. The molecule has 0 aliphatic heterocycles. The van der Waals surface area contributed by atoms with Gasteiger partial charge in [0.2, 0.25) is 0 Å². The molecule has 3 rings (SSSR count). The molecule has 0 aliphatic carbocycles. The highest BCUT2D eigenvalue weighted by atomic mass is 35.5. The molecule has 1 amide bonds. The highest BCUT2D eigenvalue weighted by molar-refractivity contribution is 6.31. The lowest BCUT2D eigenvalue weighted by molar-refractivity contribution is 0.0948. The number of aryl methyl sites for hydroxylation is 1. The van der Waals surface area contributed by atoms with E-state index in [1.165, 1.54) is 36.6 Å². The van der Waals surface area contributed by atoms with Crippen LogP contribution >= 0.6 is 11.6 Å². The van der Waals surface area contributed by atoms with Crippen molar-refractivity contribution in [1.29, 1.82) is 0 Å². The van der Waals surface area contributed by atoms with Crippen molar-refractivity contribution in [3.63, 3.8) is 0 Å². The van der Waals surface area contributed by atoms with Crippen molar-refractivity contribution in [2.24, 2.45) is 0 Å². The van der Waals surface area contributed by atoms with Crippen LogP contribution in [0.5, 0.6) is 11.5 Å². The van der Waals surface area contributed by atoms with Gasteiger partial charge in [0.15, 0.2) is 0 Å². The zero-order valence-corrected chi connectivity index (χ0v) is 17.8. The molecule has 30 heavy (non-hydrogen) atoms. The predicted molar refractivity (Wildman–Crippen MR) is 120 cm³/mol. The summed E-state index contributed by atoms with van der Waals surface area (Å²) in [5, 5.41) is 13.0. The largest absolute Gasteiger partial charge is 0.507 e. The number of phenols is 1. The first kappa shape index (κ1) is 21.7. The summed E-state index contributed by atoms with van der Waals surface area (Å²) in [6, 6.07) is 20.5. The summed E-state index contributed by atoms with van der Waals surface area (Å²) in [5.74, 6) is 0.296. The van der Waals surface area contributed by atoms with Crippen molar-refractivity contribution in [3.05, 3.63) is 94.0 Å². The van der Waals surface area contributed by atoms with Crippen molar-refractivity contribution in [3.8, 4) is 11.5 Å². The van der Waals surface area contributed by atoms with E-state index >= 15 is 0 Å². The third-order valence-electron chi connectivity index (χ3n) is 4.83. The minimum Gasteiger partial charge on any atom is -0.507 e. The third kappa shape index (κ3) is 6.26. The molecule has 0 unspecified atom stereocenters. The average Bonchev–Trinajstić information content (AvgIpc) is 2.77. The molecule has 0 aromatic heterocycles. The van der Waals surface area contributed by atoms with Gasteiger partial charge in [-0.3, -0.25) is 4.79 Å². The molecular formula is C25H26ClNO3. The molecule has 156 valence electrons. The standard InChI is InChI=1S/C25H26ClNO3/c1-2-3-4-18-5-7-20(8-6-18)17-30-22-12-9-19(10-13-22)16-27-25(29)23-15-21(26)11-14-24(23)28/h5-15,28H,2-4,16-17H2,1H3,(H,27,29). The maximum atomic E-state index is 12.2. The molecule has 2 N–H and O–H groups in total. The SMILES string of the molecule is CCCCc1ccc(COc2ccc(CNC(=O)c3cc(Cl)ccc3O)cc2)cc1. The van der Waals surface area contributed by atoms with E-state index in [2.05, 4.69) is 36.5 Å². The van der Waals surface area contributed by atoms with Gasteiger partial charge in [0.1, 0.15) is 18.1 Å². The Morgan fingerprint density at radius 3 is 2.33 bits per heavy atom. The summed E-state index contributed by atoms with van der Waals surface area (Å²) >= 11 is 5.89. The number of aromatic hydroxyl groups is 1. The van der Waals surface area contributed by atoms with E-state index in [1.54, 1.807) is 0 Å². The molecule has 0 spiro atoms. The number of ether oxygens (including phenoxy) is 1. The molecule has 0 bridgehead atoms. The smallest absolute Gasteiger partial charge is 0.255 e. The Balaban J connectivity index is 1.49. The molecule has 0 radical (unpaired) electrons. The van der Waals surface area contributed by atoms with Crippen molar-refractivity contribution in [1.82, 2.24) is 5.32 Å². The van der Waals surface area contributed by atoms with E-state index in [4.69, 9.17) is 16.3 Å². The zero-order chi connectivity index (χ0) is 21.3. The van der Waals surface area contributed by atoms with E-state index in [-0.39, 0.29) is 17.2 Å². The van der Waals surface area contributed by atoms with Crippen LogP contribution in [-0.2, 0) is 19.6 Å². The molecule has 0 saturated heterocycles. The number of hydrogen-bond donors (Lipinski definition) is 2. The molecule has 0 aliphatic rings. The molecule has 0 fully saturated rings. The monoisotopic (exact) mass is 423 g/mol. The first-order chi connectivity index (χ1) is 14.5. The van der Waals surface area contributed by atoms with E-state index in [0.29, 0.717) is 18.2 Å². The summed E-state index contributed by atoms with van der Waals surface area (Å²) in [6.45, 7) is 3.05. The number of nitrogens with one attached hydrogen (secondary N) is 1. The lowest BCUT2D eigenvalue weighted by atomic mass is 10.1. The van der Waals surface area contributed by atoms with E-state index in [1.807, 2.05) is 24.3 Å². The van der Waals surface area contributed by atoms with E-state index in [9.17, 15) is 9.90 Å². The molecule has 4 nitrogen and oxygen atoms in total. The highest BCUT2D eigenvalue weighted by Gasteiger charge is 2.11. The fourth-order valence-corrected chi connectivity index (χ4v) is 3.19. The van der Waals surface area contributed by atoms with Gasteiger partial charge in [-0.05, 0) is 59.9 Å². The van der Waals surface area contributed by atoms with Gasteiger partial charge in [-0.2, -0.15) is 0 Å². The van der Waals surface area contributed by atoms with Crippen molar-refractivity contribution < 1.29 is 14.6 Å². The Bertz CT molecular complexity index is 969. The lowest BCUT2D eigenvalue weighted by Gasteiger charge is -2.10. The number of unbranched alkanes of at least 4 members (excludes halogenated alkanes) is 1. The Morgan fingerprint density at radius 2 is 1.63 bits per heavy atom. The van der Waals surface area contributed by atoms with Crippen LogP contribution in [0, 0.1) is 0 Å². The second-order valence-corrected chi connectivity index (χ2v) is 7.63. The van der Waals surface area contributed by atoms with Gasteiger partial charge in [0, 0.05) is 11.6 Å². The predicted octanol–water partition coefficient (Wildman–Crippen LogP) is 5.90. The van der Waals surface area contributed by atoms with E-state index < -0.39 is 0 Å². The summed E-state index contributed by atoms with van der Waals surface area (Å²) in [4.78, 5) is 12.2. The van der Waals surface area contributed by atoms with Crippen LogP contribution in [0.15, 0.2) is 66.7 Å². The second kappa shape index (κ2) is 10.7. The molecular weight excluding hydrogens is 398 g/mol. The summed E-state index contributed by atoms with van der Waals surface area (Å²) < 4.78 is 5.86. The van der Waals surface area contributed by atoms with Gasteiger partial charge in [-0.25, -0.2) is 0 Å².